The molecule has 2 saturated carbocycles. The molecule has 24 heavy (non-hydrogen) atoms. The summed E-state index contributed by atoms with van der Waals surface area (Å²) in [6.07, 6.45) is 8.26. The van der Waals surface area contributed by atoms with Crippen LogP contribution < -0.4 is 10.6 Å². The zero-order valence-corrected chi connectivity index (χ0v) is 14.0. The number of hydrogen-bond acceptors (Lipinski definition) is 2. The van der Waals surface area contributed by atoms with Crippen molar-refractivity contribution in [3.63, 3.8) is 0 Å². The molecule has 132 valence electrons. The molecule has 0 bridgehead atoms. The Balaban J connectivity index is 1.38. The molecule has 0 aliphatic heterocycles. The van der Waals surface area contributed by atoms with Crippen molar-refractivity contribution < 1.29 is 13.6 Å². The fourth-order valence-electron chi connectivity index (χ4n) is 3.70. The molecular weight excluding hydrogens is 310 g/mol. The fourth-order valence-corrected chi connectivity index (χ4v) is 3.70. The van der Waals surface area contributed by atoms with Crippen molar-refractivity contribution in [1.82, 2.24) is 10.6 Å². The van der Waals surface area contributed by atoms with Gasteiger partial charge in [0.15, 0.2) is 0 Å². The lowest BCUT2D eigenvalue weighted by Crippen LogP contribution is -2.37. The van der Waals surface area contributed by atoms with Gasteiger partial charge in [-0.15, -0.1) is 0 Å². The second kappa shape index (κ2) is 8.06. The van der Waals surface area contributed by atoms with Gasteiger partial charge in [0.2, 0.25) is 5.91 Å². The van der Waals surface area contributed by atoms with Crippen LogP contribution in [0, 0.1) is 17.6 Å². The second-order valence-electron chi connectivity index (χ2n) is 7.05. The lowest BCUT2D eigenvalue weighted by Gasteiger charge is -2.16. The maximum atomic E-state index is 13.7. The summed E-state index contributed by atoms with van der Waals surface area (Å²) >= 11 is 0. The van der Waals surface area contributed by atoms with Crippen LogP contribution in [0.3, 0.4) is 0 Å². The molecule has 0 spiro atoms. The summed E-state index contributed by atoms with van der Waals surface area (Å²) in [5, 5.41) is 6.43. The van der Waals surface area contributed by atoms with Crippen LogP contribution in [0.1, 0.15) is 56.4 Å². The minimum atomic E-state index is -0.454. The van der Waals surface area contributed by atoms with Crippen LogP contribution in [0.5, 0.6) is 0 Å². The van der Waals surface area contributed by atoms with E-state index in [1.54, 1.807) is 0 Å². The highest BCUT2D eigenvalue weighted by atomic mass is 19.1. The molecular formula is C19H26F2N2O. The Morgan fingerprint density at radius 2 is 1.83 bits per heavy atom. The molecule has 2 unspecified atom stereocenters. The Kier molecular flexibility index (Phi) is 5.82. The predicted octanol–water partition coefficient (Wildman–Crippen LogP) is 3.50. The summed E-state index contributed by atoms with van der Waals surface area (Å²) in [7, 11) is 0. The summed E-state index contributed by atoms with van der Waals surface area (Å²) in [6.45, 7) is 1.35. The van der Waals surface area contributed by atoms with Gasteiger partial charge in [-0.1, -0.05) is 25.7 Å². The minimum Gasteiger partial charge on any atom is -0.355 e. The standard InChI is InChI=1S/C19H26F2N2O/c20-13-7-8-18(21)16(11-13)15-12-17(15)19(24)23-10-9-22-14-5-3-1-2-4-6-14/h7-8,11,14-15,17,22H,1-6,9-10,12H2,(H,23,24). The normalized spacial score (nSPS) is 24.4. The third-order valence-corrected chi connectivity index (χ3v) is 5.20. The van der Waals surface area contributed by atoms with Gasteiger partial charge in [-0.05, 0) is 48.9 Å². The van der Waals surface area contributed by atoms with Crippen molar-refractivity contribution in [1.29, 1.82) is 0 Å². The van der Waals surface area contributed by atoms with Crippen LogP contribution in [0.4, 0.5) is 8.78 Å². The Hall–Kier alpha value is -1.49. The quantitative estimate of drug-likeness (QED) is 0.617. The van der Waals surface area contributed by atoms with Crippen LogP contribution in [0.15, 0.2) is 18.2 Å². The van der Waals surface area contributed by atoms with E-state index in [0.717, 1.165) is 18.7 Å². The van der Waals surface area contributed by atoms with E-state index in [2.05, 4.69) is 10.6 Å². The van der Waals surface area contributed by atoms with Crippen molar-refractivity contribution in [2.24, 2.45) is 5.92 Å². The average molecular weight is 336 g/mol. The predicted molar refractivity (Wildman–Crippen MR) is 89.7 cm³/mol. The number of benzene rings is 1. The van der Waals surface area contributed by atoms with Gasteiger partial charge < -0.3 is 10.6 Å². The van der Waals surface area contributed by atoms with Crippen molar-refractivity contribution in [3.05, 3.63) is 35.4 Å². The number of rotatable bonds is 6. The molecule has 2 aliphatic carbocycles. The van der Waals surface area contributed by atoms with Crippen molar-refractivity contribution in [2.45, 2.75) is 56.9 Å². The molecule has 1 aromatic rings. The van der Waals surface area contributed by atoms with E-state index in [4.69, 9.17) is 0 Å². The van der Waals surface area contributed by atoms with E-state index in [1.807, 2.05) is 0 Å². The fraction of sp³-hybridized carbons (Fsp3) is 0.632. The number of amides is 1. The van der Waals surface area contributed by atoms with Crippen LogP contribution in [-0.2, 0) is 4.79 Å². The van der Waals surface area contributed by atoms with Crippen molar-refractivity contribution in [2.75, 3.05) is 13.1 Å². The number of hydrogen-bond donors (Lipinski definition) is 2. The van der Waals surface area contributed by atoms with Gasteiger partial charge in [0, 0.05) is 25.0 Å². The summed E-state index contributed by atoms with van der Waals surface area (Å²) in [6, 6.07) is 4.02. The smallest absolute Gasteiger partial charge is 0.223 e. The monoisotopic (exact) mass is 336 g/mol. The van der Waals surface area contributed by atoms with E-state index < -0.39 is 11.6 Å². The highest BCUT2D eigenvalue weighted by Gasteiger charge is 2.45. The number of nitrogens with one attached hydrogen (secondary N) is 2. The zero-order valence-electron chi connectivity index (χ0n) is 14.0. The Morgan fingerprint density at radius 3 is 2.58 bits per heavy atom. The first-order valence-corrected chi connectivity index (χ1v) is 9.11. The molecule has 2 N–H and O–H groups in total. The molecule has 3 nitrogen and oxygen atoms in total. The van der Waals surface area contributed by atoms with Gasteiger partial charge in [0.05, 0.1) is 0 Å². The molecule has 5 heteroatoms. The Bertz CT molecular complexity index is 570. The first-order valence-electron chi connectivity index (χ1n) is 9.11. The number of carbonyl (C=O) groups excluding carboxylic acids is 1. The molecule has 0 aromatic heterocycles. The maximum Gasteiger partial charge on any atom is 0.223 e. The summed E-state index contributed by atoms with van der Waals surface area (Å²) in [4.78, 5) is 12.1. The highest BCUT2D eigenvalue weighted by Crippen LogP contribution is 2.48. The first-order chi connectivity index (χ1) is 11.6. The molecule has 2 fully saturated rings. The highest BCUT2D eigenvalue weighted by molar-refractivity contribution is 5.82. The van der Waals surface area contributed by atoms with Crippen molar-refractivity contribution in [3.8, 4) is 0 Å². The second-order valence-corrected chi connectivity index (χ2v) is 7.05. The van der Waals surface area contributed by atoms with Gasteiger partial charge in [0.25, 0.3) is 0 Å². The average Bonchev–Trinajstić information content (AvgIpc) is 3.38. The molecule has 3 rings (SSSR count). The molecule has 1 aromatic carbocycles. The zero-order chi connectivity index (χ0) is 16.9. The van der Waals surface area contributed by atoms with E-state index in [1.165, 1.54) is 44.6 Å². The topological polar surface area (TPSA) is 41.1 Å². The molecule has 0 heterocycles. The third kappa shape index (κ3) is 4.53. The number of halogens is 2. The van der Waals surface area contributed by atoms with Crippen LogP contribution in [0.2, 0.25) is 0 Å². The largest absolute Gasteiger partial charge is 0.355 e. The lowest BCUT2D eigenvalue weighted by atomic mass is 10.1. The lowest BCUT2D eigenvalue weighted by molar-refractivity contribution is -0.122. The summed E-state index contributed by atoms with van der Waals surface area (Å²) in [5.41, 5.74) is 0.326. The van der Waals surface area contributed by atoms with E-state index in [9.17, 15) is 13.6 Å². The molecule has 1 amide bonds. The summed E-state index contributed by atoms with van der Waals surface area (Å²) in [5.74, 6) is -1.34. The minimum absolute atomic E-state index is 0.0497. The molecule has 2 aliphatic rings. The van der Waals surface area contributed by atoms with E-state index >= 15 is 0 Å². The Morgan fingerprint density at radius 1 is 1.08 bits per heavy atom. The van der Waals surface area contributed by atoms with E-state index in [0.29, 0.717) is 24.6 Å². The van der Waals surface area contributed by atoms with Crippen LogP contribution in [-0.4, -0.2) is 25.0 Å². The maximum absolute atomic E-state index is 13.7. The molecule has 0 saturated heterocycles. The van der Waals surface area contributed by atoms with Gasteiger partial charge in [-0.3, -0.25) is 4.79 Å². The molecule has 2 atom stereocenters. The van der Waals surface area contributed by atoms with Gasteiger partial charge >= 0.3 is 0 Å². The van der Waals surface area contributed by atoms with E-state index in [-0.39, 0.29) is 17.7 Å². The van der Waals surface area contributed by atoms with Crippen LogP contribution >= 0.6 is 0 Å². The van der Waals surface area contributed by atoms with Gasteiger partial charge in [-0.2, -0.15) is 0 Å². The SMILES string of the molecule is O=C(NCCNC1CCCCCC1)C1CC1c1cc(F)ccc1F. The summed E-state index contributed by atoms with van der Waals surface area (Å²) < 4.78 is 27.0. The van der Waals surface area contributed by atoms with Gasteiger partial charge in [0.1, 0.15) is 11.6 Å². The third-order valence-electron chi connectivity index (χ3n) is 5.20. The Labute approximate surface area is 142 Å². The van der Waals surface area contributed by atoms with Crippen molar-refractivity contribution >= 4 is 5.91 Å². The molecule has 0 radical (unpaired) electrons. The first kappa shape index (κ1) is 17.3. The number of carbonyl (C=O) groups is 1. The van der Waals surface area contributed by atoms with Crippen LogP contribution in [0.25, 0.3) is 0 Å². The van der Waals surface area contributed by atoms with Gasteiger partial charge in [-0.25, -0.2) is 8.78 Å².